The van der Waals surface area contributed by atoms with Gasteiger partial charge >= 0.3 is 0 Å². The average molecular weight is 527 g/mol. The first kappa shape index (κ1) is 25.1. The summed E-state index contributed by atoms with van der Waals surface area (Å²) in [5.74, 6) is 2.43. The van der Waals surface area contributed by atoms with Crippen molar-refractivity contribution in [2.45, 2.75) is 38.3 Å². The van der Waals surface area contributed by atoms with Crippen LogP contribution in [0.25, 0.3) is 11.4 Å². The Morgan fingerprint density at radius 3 is 2.97 bits per heavy atom. The fraction of sp³-hybridized carbons (Fsp3) is 0.300. The molecule has 0 amide bonds. The third-order valence-corrected chi connectivity index (χ3v) is 7.65. The number of aromatic amines is 1. The molecule has 4 N–H and O–H groups in total. The fourth-order valence-electron chi connectivity index (χ4n) is 5.54. The maximum Gasteiger partial charge on any atom is 0.181 e. The van der Waals surface area contributed by atoms with Crippen molar-refractivity contribution in [2.24, 2.45) is 0 Å². The largest absolute Gasteiger partial charge is 0.496 e. The lowest BCUT2D eigenvalue weighted by molar-refractivity contribution is 0.131. The molecule has 0 radical (unpaired) electrons. The molecular weight excluding hydrogens is 495 g/mol. The van der Waals surface area contributed by atoms with E-state index < -0.39 is 0 Å². The van der Waals surface area contributed by atoms with E-state index in [1.165, 1.54) is 6.07 Å². The number of hydrogen-bond donors (Lipinski definition) is 3. The molecule has 0 spiro atoms. The second-order valence-corrected chi connectivity index (χ2v) is 10.0. The number of fused-ring (bicyclic) bond motifs is 1. The number of nitrogens with zero attached hydrogens (tertiary/aromatic N) is 3. The molecule has 3 aromatic carbocycles. The normalized spacial score (nSPS) is 17.0. The van der Waals surface area contributed by atoms with E-state index in [0.717, 1.165) is 60.5 Å². The van der Waals surface area contributed by atoms with Gasteiger partial charge < -0.3 is 15.2 Å². The van der Waals surface area contributed by atoms with Gasteiger partial charge in [-0.1, -0.05) is 12.5 Å². The summed E-state index contributed by atoms with van der Waals surface area (Å²) >= 11 is 0. The van der Waals surface area contributed by atoms with E-state index in [-0.39, 0.29) is 11.9 Å². The smallest absolute Gasteiger partial charge is 0.181 e. The van der Waals surface area contributed by atoms with Crippen molar-refractivity contribution in [3.8, 4) is 22.9 Å². The van der Waals surface area contributed by atoms with E-state index in [1.807, 2.05) is 30.3 Å². The standard InChI is InChI=1S/C30H31FN6O2/c1-38-27-7-4-5-23(31)22(27)17-37-13-3-2-6-25(37)30-34-29(35-36-30)20-8-10-24(32)21(16-20)28(33)19-9-11-26-18(15-19)12-14-39-26/h4-5,7-11,15-16,25,33H,2-3,6,12-14,17,32H2,1H3,(H,34,35,36). The summed E-state index contributed by atoms with van der Waals surface area (Å²) in [5.41, 5.74) is 11.0. The van der Waals surface area contributed by atoms with Crippen LogP contribution >= 0.6 is 0 Å². The van der Waals surface area contributed by atoms with Gasteiger partial charge in [-0.15, -0.1) is 0 Å². The first-order chi connectivity index (χ1) is 19.0. The van der Waals surface area contributed by atoms with Gasteiger partial charge in [-0.2, -0.15) is 5.10 Å². The van der Waals surface area contributed by atoms with Gasteiger partial charge in [0.05, 0.1) is 25.5 Å². The molecule has 1 atom stereocenters. The van der Waals surface area contributed by atoms with Gasteiger partial charge in [-0.05, 0) is 73.5 Å². The number of halogens is 1. The quantitative estimate of drug-likeness (QED) is 0.223. The number of likely N-dealkylation sites (tertiary alicyclic amines) is 1. The van der Waals surface area contributed by atoms with E-state index in [4.69, 9.17) is 25.6 Å². The highest BCUT2D eigenvalue weighted by atomic mass is 19.1. The van der Waals surface area contributed by atoms with Crippen LogP contribution in [0.3, 0.4) is 0 Å². The molecule has 4 aromatic rings. The van der Waals surface area contributed by atoms with Gasteiger partial charge in [0, 0.05) is 40.9 Å². The van der Waals surface area contributed by atoms with Crippen LogP contribution in [-0.4, -0.2) is 46.1 Å². The maximum absolute atomic E-state index is 14.7. The zero-order chi connectivity index (χ0) is 26.9. The molecule has 1 fully saturated rings. The van der Waals surface area contributed by atoms with Gasteiger partial charge in [-0.3, -0.25) is 15.4 Å². The van der Waals surface area contributed by atoms with Crippen LogP contribution in [0.2, 0.25) is 0 Å². The molecule has 1 unspecified atom stereocenters. The Balaban J connectivity index is 1.26. The number of methoxy groups -OCH3 is 1. The first-order valence-corrected chi connectivity index (χ1v) is 13.2. The number of nitrogen functional groups attached to an aromatic ring is 1. The molecule has 3 heterocycles. The zero-order valence-corrected chi connectivity index (χ0v) is 21.8. The molecule has 39 heavy (non-hydrogen) atoms. The number of nitrogens with one attached hydrogen (secondary N) is 2. The lowest BCUT2D eigenvalue weighted by Gasteiger charge is -2.34. The summed E-state index contributed by atoms with van der Waals surface area (Å²) in [4.78, 5) is 7.08. The minimum absolute atomic E-state index is 0.0236. The number of H-pyrrole nitrogens is 1. The molecule has 0 aliphatic carbocycles. The van der Waals surface area contributed by atoms with Crippen molar-refractivity contribution in [3.05, 3.63) is 88.5 Å². The lowest BCUT2D eigenvalue weighted by Crippen LogP contribution is -2.34. The van der Waals surface area contributed by atoms with Crippen molar-refractivity contribution >= 4 is 11.4 Å². The average Bonchev–Trinajstić information content (AvgIpc) is 3.64. The SMILES string of the molecule is COc1cccc(F)c1CN1CCCCC1c1nc(-c2ccc(N)c(C(=N)c3ccc4c(c3)CCO4)c2)n[nH]1. The van der Waals surface area contributed by atoms with Crippen LogP contribution in [0.5, 0.6) is 11.5 Å². The molecule has 0 saturated carbocycles. The third kappa shape index (κ3) is 4.85. The summed E-state index contributed by atoms with van der Waals surface area (Å²) in [6.07, 6.45) is 3.83. The molecule has 1 aromatic heterocycles. The van der Waals surface area contributed by atoms with Gasteiger partial charge in [0.25, 0.3) is 0 Å². The molecule has 1 saturated heterocycles. The highest BCUT2D eigenvalue weighted by Gasteiger charge is 2.29. The third-order valence-electron chi connectivity index (χ3n) is 7.65. The second-order valence-electron chi connectivity index (χ2n) is 10.0. The Morgan fingerprint density at radius 2 is 2.10 bits per heavy atom. The number of rotatable bonds is 7. The monoisotopic (exact) mass is 526 g/mol. The van der Waals surface area contributed by atoms with E-state index in [2.05, 4.69) is 15.1 Å². The summed E-state index contributed by atoms with van der Waals surface area (Å²) in [5, 5.41) is 16.5. The number of benzene rings is 3. The molecular formula is C30H31FN6O2. The topological polar surface area (TPSA) is 113 Å². The number of nitrogens with two attached hydrogens (primary N) is 1. The Hall–Kier alpha value is -4.24. The highest BCUT2D eigenvalue weighted by molar-refractivity contribution is 6.14. The predicted octanol–water partition coefficient (Wildman–Crippen LogP) is 5.28. The minimum Gasteiger partial charge on any atom is -0.496 e. The minimum atomic E-state index is -0.273. The maximum atomic E-state index is 14.7. The Morgan fingerprint density at radius 1 is 1.21 bits per heavy atom. The van der Waals surface area contributed by atoms with E-state index in [0.29, 0.717) is 47.3 Å². The molecule has 6 rings (SSSR count). The van der Waals surface area contributed by atoms with Gasteiger partial charge in [-0.25, -0.2) is 9.37 Å². The van der Waals surface area contributed by atoms with E-state index in [1.54, 1.807) is 25.3 Å². The Kier molecular flexibility index (Phi) is 6.74. The number of anilines is 1. The number of aromatic nitrogens is 3. The van der Waals surface area contributed by atoms with Crippen molar-refractivity contribution < 1.29 is 13.9 Å². The van der Waals surface area contributed by atoms with Crippen LogP contribution in [0, 0.1) is 11.2 Å². The van der Waals surface area contributed by atoms with Gasteiger partial charge in [0.2, 0.25) is 0 Å². The van der Waals surface area contributed by atoms with Crippen LogP contribution in [0.15, 0.2) is 54.6 Å². The summed E-state index contributed by atoms with van der Waals surface area (Å²) in [6.45, 7) is 1.92. The van der Waals surface area contributed by atoms with E-state index in [9.17, 15) is 4.39 Å². The molecule has 200 valence electrons. The van der Waals surface area contributed by atoms with E-state index >= 15 is 0 Å². The highest BCUT2D eigenvalue weighted by Crippen LogP contribution is 2.34. The van der Waals surface area contributed by atoms with Crippen molar-refractivity contribution in [3.63, 3.8) is 0 Å². The fourth-order valence-corrected chi connectivity index (χ4v) is 5.54. The number of hydrogen-bond acceptors (Lipinski definition) is 7. The first-order valence-electron chi connectivity index (χ1n) is 13.2. The molecule has 2 aliphatic rings. The lowest BCUT2D eigenvalue weighted by atomic mass is 9.97. The zero-order valence-electron chi connectivity index (χ0n) is 21.8. The second kappa shape index (κ2) is 10.5. The van der Waals surface area contributed by atoms with Crippen LogP contribution in [-0.2, 0) is 13.0 Å². The molecule has 0 bridgehead atoms. The summed E-state index contributed by atoms with van der Waals surface area (Å²) in [6, 6.07) is 16.2. The summed E-state index contributed by atoms with van der Waals surface area (Å²) in [7, 11) is 1.56. The molecule has 2 aliphatic heterocycles. The van der Waals surface area contributed by atoms with Crippen molar-refractivity contribution in [1.82, 2.24) is 20.1 Å². The molecule has 9 heteroatoms. The van der Waals surface area contributed by atoms with Crippen molar-refractivity contribution in [1.29, 1.82) is 5.41 Å². The van der Waals surface area contributed by atoms with Gasteiger partial charge in [0.1, 0.15) is 23.1 Å². The van der Waals surface area contributed by atoms with Crippen LogP contribution < -0.4 is 15.2 Å². The van der Waals surface area contributed by atoms with Crippen molar-refractivity contribution in [2.75, 3.05) is 26.0 Å². The predicted molar refractivity (Wildman–Crippen MR) is 148 cm³/mol. The number of piperidine rings is 1. The van der Waals surface area contributed by atoms with Crippen LogP contribution in [0.1, 0.15) is 53.4 Å². The Labute approximate surface area is 226 Å². The van der Waals surface area contributed by atoms with Crippen LogP contribution in [0.4, 0.5) is 10.1 Å². The Bertz CT molecular complexity index is 1530. The van der Waals surface area contributed by atoms with Gasteiger partial charge in [0.15, 0.2) is 5.82 Å². The number of ether oxygens (including phenoxy) is 2. The summed E-state index contributed by atoms with van der Waals surface area (Å²) < 4.78 is 25.7. The molecule has 8 nitrogen and oxygen atoms in total.